The summed E-state index contributed by atoms with van der Waals surface area (Å²) in [6.45, 7) is 0. The van der Waals surface area contributed by atoms with Gasteiger partial charge in [-0.1, -0.05) is 6.07 Å². The first-order chi connectivity index (χ1) is 8.66. The molecule has 1 unspecified atom stereocenters. The van der Waals surface area contributed by atoms with Crippen LogP contribution in [0.3, 0.4) is 0 Å². The molecule has 0 amide bonds. The summed E-state index contributed by atoms with van der Waals surface area (Å²) in [6.07, 6.45) is 2.30. The number of hydrogen-bond donors (Lipinski definition) is 1. The molecule has 94 valence electrons. The molecular formula is C13H13FN2OS. The molecule has 2 N–H and O–H groups in total. The zero-order valence-electron chi connectivity index (χ0n) is 9.67. The molecule has 2 rings (SSSR count). The quantitative estimate of drug-likeness (QED) is 0.861. The first-order valence-electron chi connectivity index (χ1n) is 5.50. The Morgan fingerprint density at radius 3 is 2.78 bits per heavy atom. The third-order valence-corrected chi connectivity index (χ3v) is 3.92. The zero-order valence-corrected chi connectivity index (χ0v) is 10.5. The molecular weight excluding hydrogens is 251 g/mol. The van der Waals surface area contributed by atoms with E-state index in [4.69, 9.17) is 5.73 Å². The van der Waals surface area contributed by atoms with Crippen LogP contribution >= 0.6 is 0 Å². The second kappa shape index (κ2) is 5.73. The molecule has 2 aromatic rings. The van der Waals surface area contributed by atoms with E-state index in [1.54, 1.807) is 6.20 Å². The van der Waals surface area contributed by atoms with Crippen molar-refractivity contribution in [1.82, 2.24) is 4.98 Å². The Kier molecular flexibility index (Phi) is 4.04. The average molecular weight is 264 g/mol. The molecule has 0 bridgehead atoms. The number of aryl methyl sites for hydroxylation is 1. The molecule has 0 saturated heterocycles. The van der Waals surface area contributed by atoms with Crippen molar-refractivity contribution in [3.63, 3.8) is 0 Å². The van der Waals surface area contributed by atoms with Crippen molar-refractivity contribution >= 4 is 16.5 Å². The van der Waals surface area contributed by atoms with E-state index < -0.39 is 16.6 Å². The van der Waals surface area contributed by atoms with Gasteiger partial charge >= 0.3 is 0 Å². The lowest BCUT2D eigenvalue weighted by Gasteiger charge is -2.05. The van der Waals surface area contributed by atoms with Crippen molar-refractivity contribution < 1.29 is 8.60 Å². The van der Waals surface area contributed by atoms with Gasteiger partial charge in [0.05, 0.1) is 21.4 Å². The molecule has 0 fully saturated rings. The van der Waals surface area contributed by atoms with Gasteiger partial charge in [0.15, 0.2) is 0 Å². The van der Waals surface area contributed by atoms with Crippen LogP contribution in [0.15, 0.2) is 47.5 Å². The second-order valence-corrected chi connectivity index (χ2v) is 5.34. The Hall–Kier alpha value is -1.75. The van der Waals surface area contributed by atoms with Gasteiger partial charge in [-0.05, 0) is 30.3 Å². The molecule has 5 heteroatoms. The van der Waals surface area contributed by atoms with Crippen molar-refractivity contribution in [2.24, 2.45) is 0 Å². The summed E-state index contributed by atoms with van der Waals surface area (Å²) in [5, 5.41) is 0. The SMILES string of the molecule is Nc1cc(F)ccc1S(=O)CCc1ccccn1. The number of rotatable bonds is 4. The maximum atomic E-state index is 12.9. The number of aromatic nitrogens is 1. The lowest BCUT2D eigenvalue weighted by molar-refractivity contribution is 0.627. The monoisotopic (exact) mass is 264 g/mol. The molecule has 18 heavy (non-hydrogen) atoms. The van der Waals surface area contributed by atoms with Crippen LogP contribution < -0.4 is 5.73 Å². The van der Waals surface area contributed by atoms with Crippen LogP contribution in [0.25, 0.3) is 0 Å². The van der Waals surface area contributed by atoms with Crippen LogP contribution in [0, 0.1) is 5.82 Å². The Balaban J connectivity index is 2.04. The van der Waals surface area contributed by atoms with Gasteiger partial charge in [-0.25, -0.2) is 4.39 Å². The maximum absolute atomic E-state index is 12.9. The third kappa shape index (κ3) is 3.13. The summed E-state index contributed by atoms with van der Waals surface area (Å²) in [4.78, 5) is 4.63. The summed E-state index contributed by atoms with van der Waals surface area (Å²) in [5.41, 5.74) is 6.75. The standard InChI is InChI=1S/C13H13FN2OS/c14-10-4-5-13(12(15)9-10)18(17)8-6-11-3-1-2-7-16-11/h1-5,7,9H,6,8,15H2. The number of nitrogens with two attached hydrogens (primary N) is 1. The van der Waals surface area contributed by atoms with Crippen LogP contribution in [0.2, 0.25) is 0 Å². The highest BCUT2D eigenvalue weighted by atomic mass is 32.2. The molecule has 0 radical (unpaired) electrons. The fourth-order valence-electron chi connectivity index (χ4n) is 1.58. The van der Waals surface area contributed by atoms with Crippen LogP contribution in [0.5, 0.6) is 0 Å². The largest absolute Gasteiger partial charge is 0.398 e. The van der Waals surface area contributed by atoms with Crippen molar-refractivity contribution in [1.29, 1.82) is 0 Å². The second-order valence-electron chi connectivity index (χ2n) is 3.80. The van der Waals surface area contributed by atoms with Gasteiger partial charge in [-0.15, -0.1) is 0 Å². The molecule has 1 atom stereocenters. The highest BCUT2D eigenvalue weighted by molar-refractivity contribution is 7.85. The fraction of sp³-hybridized carbons (Fsp3) is 0.154. The lowest BCUT2D eigenvalue weighted by Crippen LogP contribution is -2.05. The summed E-state index contributed by atoms with van der Waals surface area (Å²) in [7, 11) is -1.24. The predicted molar refractivity (Wildman–Crippen MR) is 70.0 cm³/mol. The number of nitrogen functional groups attached to an aromatic ring is 1. The van der Waals surface area contributed by atoms with E-state index in [2.05, 4.69) is 4.98 Å². The van der Waals surface area contributed by atoms with Gasteiger partial charge in [0.25, 0.3) is 0 Å². The highest BCUT2D eigenvalue weighted by Crippen LogP contribution is 2.18. The number of halogens is 1. The molecule has 1 aromatic carbocycles. The molecule has 0 saturated carbocycles. The summed E-state index contributed by atoms with van der Waals surface area (Å²) < 4.78 is 24.9. The zero-order chi connectivity index (χ0) is 13.0. The van der Waals surface area contributed by atoms with Gasteiger partial charge in [-0.3, -0.25) is 9.19 Å². The van der Waals surface area contributed by atoms with Crippen molar-refractivity contribution in [3.05, 3.63) is 54.1 Å². The van der Waals surface area contributed by atoms with Gasteiger partial charge in [0, 0.05) is 24.1 Å². The van der Waals surface area contributed by atoms with E-state index in [0.717, 1.165) is 5.69 Å². The van der Waals surface area contributed by atoms with Crippen molar-refractivity contribution in [2.75, 3.05) is 11.5 Å². The summed E-state index contributed by atoms with van der Waals surface area (Å²) in [6, 6.07) is 9.53. The minimum atomic E-state index is -1.24. The van der Waals surface area contributed by atoms with E-state index >= 15 is 0 Å². The van der Waals surface area contributed by atoms with Crippen LogP contribution in [0.4, 0.5) is 10.1 Å². The van der Waals surface area contributed by atoms with Gasteiger partial charge in [0.1, 0.15) is 5.82 Å². The first-order valence-corrected chi connectivity index (χ1v) is 6.82. The molecule has 0 aliphatic rings. The van der Waals surface area contributed by atoms with Crippen molar-refractivity contribution in [3.8, 4) is 0 Å². The van der Waals surface area contributed by atoms with E-state index in [9.17, 15) is 8.60 Å². The molecule has 0 aliphatic carbocycles. The smallest absolute Gasteiger partial charge is 0.125 e. The maximum Gasteiger partial charge on any atom is 0.125 e. The molecule has 1 aromatic heterocycles. The normalized spacial score (nSPS) is 12.3. The van der Waals surface area contributed by atoms with E-state index in [0.29, 0.717) is 17.1 Å². The first kappa shape index (κ1) is 12.7. The lowest BCUT2D eigenvalue weighted by atomic mass is 10.3. The molecule has 1 heterocycles. The minimum absolute atomic E-state index is 0.231. The number of nitrogens with zero attached hydrogens (tertiary/aromatic N) is 1. The number of anilines is 1. The topological polar surface area (TPSA) is 56.0 Å². The molecule has 3 nitrogen and oxygen atoms in total. The van der Waals surface area contributed by atoms with E-state index in [1.807, 2.05) is 18.2 Å². The number of benzene rings is 1. The Labute approximate surface area is 107 Å². The van der Waals surface area contributed by atoms with E-state index in [-0.39, 0.29) is 5.69 Å². The van der Waals surface area contributed by atoms with Gasteiger partial charge < -0.3 is 5.73 Å². The van der Waals surface area contributed by atoms with Crippen molar-refractivity contribution in [2.45, 2.75) is 11.3 Å². The Morgan fingerprint density at radius 2 is 2.11 bits per heavy atom. The summed E-state index contributed by atoms with van der Waals surface area (Å²) >= 11 is 0. The number of pyridine rings is 1. The van der Waals surface area contributed by atoms with Crippen LogP contribution in [-0.2, 0) is 17.2 Å². The average Bonchev–Trinajstić information content (AvgIpc) is 2.37. The molecule has 0 aliphatic heterocycles. The fourth-order valence-corrected chi connectivity index (χ4v) is 2.74. The highest BCUT2D eigenvalue weighted by Gasteiger charge is 2.09. The Bertz CT molecular complexity index is 560. The van der Waals surface area contributed by atoms with Crippen LogP contribution in [-0.4, -0.2) is 14.9 Å². The predicted octanol–water partition coefficient (Wildman–Crippen LogP) is 2.15. The number of hydrogen-bond acceptors (Lipinski definition) is 3. The van der Waals surface area contributed by atoms with Gasteiger partial charge in [0.2, 0.25) is 0 Å². The third-order valence-electron chi connectivity index (χ3n) is 2.49. The van der Waals surface area contributed by atoms with Crippen LogP contribution in [0.1, 0.15) is 5.69 Å². The molecule has 0 spiro atoms. The Morgan fingerprint density at radius 1 is 1.28 bits per heavy atom. The van der Waals surface area contributed by atoms with E-state index in [1.165, 1.54) is 18.2 Å². The minimum Gasteiger partial charge on any atom is -0.398 e. The summed E-state index contributed by atoms with van der Waals surface area (Å²) in [5.74, 6) is 0.00492. The van der Waals surface area contributed by atoms with Gasteiger partial charge in [-0.2, -0.15) is 0 Å².